The Morgan fingerprint density at radius 3 is 2.29 bits per heavy atom. The third-order valence-electron chi connectivity index (χ3n) is 4.32. The highest BCUT2D eigenvalue weighted by molar-refractivity contribution is 5.99. The summed E-state index contributed by atoms with van der Waals surface area (Å²) in [5, 5.41) is 2.85. The number of carbonyl (C=O) groups excluding carboxylic acids is 2. The van der Waals surface area contributed by atoms with E-state index >= 15 is 0 Å². The summed E-state index contributed by atoms with van der Waals surface area (Å²) in [4.78, 5) is 26.6. The molecule has 2 atom stereocenters. The number of nitrogens with one attached hydrogen (secondary N) is 1. The van der Waals surface area contributed by atoms with Crippen LogP contribution >= 0.6 is 0 Å². The van der Waals surface area contributed by atoms with Crippen molar-refractivity contribution in [3.63, 3.8) is 0 Å². The SMILES string of the molecule is CCC1(C)NC(=O)C(C)N(Cc2cc(C)cc(C)c2)C1=O. The summed E-state index contributed by atoms with van der Waals surface area (Å²) in [5.41, 5.74) is 2.62. The Bertz CT molecular complexity index is 562. The smallest absolute Gasteiger partial charge is 0.248 e. The summed E-state index contributed by atoms with van der Waals surface area (Å²) < 4.78 is 0. The standard InChI is InChI=1S/C17H24N2O2/c1-6-17(5)16(21)19(13(4)15(20)18-17)10-14-8-11(2)7-12(3)9-14/h7-9,13H,6,10H2,1-5H3,(H,18,20). The molecule has 4 nitrogen and oxygen atoms in total. The van der Waals surface area contributed by atoms with Crippen LogP contribution in [0.1, 0.15) is 43.9 Å². The first kappa shape index (κ1) is 15.5. The van der Waals surface area contributed by atoms with Gasteiger partial charge in [-0.3, -0.25) is 9.59 Å². The van der Waals surface area contributed by atoms with Gasteiger partial charge in [-0.15, -0.1) is 0 Å². The second-order valence-electron chi connectivity index (χ2n) is 6.28. The second-order valence-corrected chi connectivity index (χ2v) is 6.28. The van der Waals surface area contributed by atoms with Crippen LogP contribution in [0.25, 0.3) is 0 Å². The summed E-state index contributed by atoms with van der Waals surface area (Å²) >= 11 is 0. The molecule has 114 valence electrons. The molecule has 21 heavy (non-hydrogen) atoms. The van der Waals surface area contributed by atoms with Crippen molar-refractivity contribution < 1.29 is 9.59 Å². The maximum absolute atomic E-state index is 12.7. The van der Waals surface area contributed by atoms with E-state index in [2.05, 4.69) is 23.5 Å². The fourth-order valence-corrected chi connectivity index (χ4v) is 2.87. The molecule has 2 rings (SSSR count). The Morgan fingerprint density at radius 1 is 1.19 bits per heavy atom. The quantitative estimate of drug-likeness (QED) is 0.928. The lowest BCUT2D eigenvalue weighted by Crippen LogP contribution is -2.68. The van der Waals surface area contributed by atoms with Gasteiger partial charge in [0.2, 0.25) is 11.8 Å². The molecule has 1 aliphatic rings. The van der Waals surface area contributed by atoms with Crippen LogP contribution < -0.4 is 5.32 Å². The number of hydrogen-bond acceptors (Lipinski definition) is 2. The van der Waals surface area contributed by atoms with Crippen LogP contribution in [0.2, 0.25) is 0 Å². The van der Waals surface area contributed by atoms with Crippen molar-refractivity contribution >= 4 is 11.8 Å². The number of carbonyl (C=O) groups is 2. The highest BCUT2D eigenvalue weighted by Crippen LogP contribution is 2.23. The molecule has 1 aromatic carbocycles. The first-order chi connectivity index (χ1) is 9.76. The molecular weight excluding hydrogens is 264 g/mol. The number of amides is 2. The zero-order valence-corrected chi connectivity index (χ0v) is 13.5. The fraction of sp³-hybridized carbons (Fsp3) is 0.529. The molecule has 0 aliphatic carbocycles. The van der Waals surface area contributed by atoms with E-state index < -0.39 is 11.6 Å². The molecule has 4 heteroatoms. The molecule has 1 saturated heterocycles. The third-order valence-corrected chi connectivity index (χ3v) is 4.32. The van der Waals surface area contributed by atoms with Crippen molar-refractivity contribution in [1.29, 1.82) is 0 Å². The number of hydrogen-bond donors (Lipinski definition) is 1. The molecule has 1 fully saturated rings. The van der Waals surface area contributed by atoms with Gasteiger partial charge >= 0.3 is 0 Å². The molecule has 1 heterocycles. The number of piperazine rings is 1. The van der Waals surface area contributed by atoms with Crippen LogP contribution in [0, 0.1) is 13.8 Å². The zero-order chi connectivity index (χ0) is 15.8. The van der Waals surface area contributed by atoms with E-state index in [4.69, 9.17) is 0 Å². The van der Waals surface area contributed by atoms with Gasteiger partial charge in [-0.1, -0.05) is 36.2 Å². The van der Waals surface area contributed by atoms with Crippen LogP contribution in [-0.2, 0) is 16.1 Å². The van der Waals surface area contributed by atoms with Gasteiger partial charge in [0.1, 0.15) is 11.6 Å². The number of benzene rings is 1. The molecular formula is C17H24N2O2. The first-order valence-corrected chi connectivity index (χ1v) is 7.47. The minimum Gasteiger partial charge on any atom is -0.340 e. The second kappa shape index (κ2) is 5.51. The number of rotatable bonds is 3. The number of nitrogens with zero attached hydrogens (tertiary/aromatic N) is 1. The van der Waals surface area contributed by atoms with Gasteiger partial charge in [0.05, 0.1) is 0 Å². The van der Waals surface area contributed by atoms with Crippen LogP contribution in [0.4, 0.5) is 0 Å². The van der Waals surface area contributed by atoms with Crippen molar-refractivity contribution in [2.45, 2.75) is 59.2 Å². The first-order valence-electron chi connectivity index (χ1n) is 7.47. The van der Waals surface area contributed by atoms with Gasteiger partial charge in [-0.2, -0.15) is 0 Å². The van der Waals surface area contributed by atoms with E-state index in [0.29, 0.717) is 13.0 Å². The monoisotopic (exact) mass is 288 g/mol. The zero-order valence-electron chi connectivity index (χ0n) is 13.5. The maximum atomic E-state index is 12.7. The van der Waals surface area contributed by atoms with Crippen LogP contribution in [0.3, 0.4) is 0 Å². The Kier molecular flexibility index (Phi) is 4.08. The van der Waals surface area contributed by atoms with Crippen LogP contribution in [-0.4, -0.2) is 28.3 Å². The van der Waals surface area contributed by atoms with Crippen molar-refractivity contribution in [2.24, 2.45) is 0 Å². The predicted molar refractivity (Wildman–Crippen MR) is 82.8 cm³/mol. The topological polar surface area (TPSA) is 49.4 Å². The lowest BCUT2D eigenvalue weighted by Gasteiger charge is -2.43. The molecule has 0 bridgehead atoms. The normalized spacial score (nSPS) is 26.0. The van der Waals surface area contributed by atoms with Crippen LogP contribution in [0.15, 0.2) is 18.2 Å². The summed E-state index contributed by atoms with van der Waals surface area (Å²) in [6.45, 7) is 10.1. The number of aryl methyl sites for hydroxylation is 2. The molecule has 0 radical (unpaired) electrons. The predicted octanol–water partition coefficient (Wildman–Crippen LogP) is 2.32. The highest BCUT2D eigenvalue weighted by atomic mass is 16.2. The van der Waals surface area contributed by atoms with E-state index in [1.165, 1.54) is 11.1 Å². The summed E-state index contributed by atoms with van der Waals surface area (Å²) in [6.07, 6.45) is 0.591. The van der Waals surface area contributed by atoms with Gasteiger partial charge in [0, 0.05) is 6.54 Å². The van der Waals surface area contributed by atoms with Crippen molar-refractivity contribution in [1.82, 2.24) is 10.2 Å². The summed E-state index contributed by atoms with van der Waals surface area (Å²) in [6, 6.07) is 5.82. The van der Waals surface area contributed by atoms with E-state index in [-0.39, 0.29) is 11.8 Å². The van der Waals surface area contributed by atoms with Crippen molar-refractivity contribution in [3.05, 3.63) is 34.9 Å². The van der Waals surface area contributed by atoms with Gasteiger partial charge in [-0.05, 0) is 39.7 Å². The van der Waals surface area contributed by atoms with Gasteiger partial charge in [0.25, 0.3) is 0 Å². The largest absolute Gasteiger partial charge is 0.340 e. The van der Waals surface area contributed by atoms with Gasteiger partial charge in [-0.25, -0.2) is 0 Å². The summed E-state index contributed by atoms with van der Waals surface area (Å²) in [5.74, 6) is -0.0837. The molecule has 0 aromatic heterocycles. The fourth-order valence-electron chi connectivity index (χ4n) is 2.87. The van der Waals surface area contributed by atoms with E-state index in [9.17, 15) is 9.59 Å². The van der Waals surface area contributed by atoms with E-state index in [1.54, 1.807) is 18.7 Å². The van der Waals surface area contributed by atoms with Crippen molar-refractivity contribution in [3.8, 4) is 0 Å². The Balaban J connectivity index is 2.31. The molecule has 0 spiro atoms. The summed E-state index contributed by atoms with van der Waals surface area (Å²) in [7, 11) is 0. The minimum atomic E-state index is -0.789. The molecule has 1 aromatic rings. The average molecular weight is 288 g/mol. The Hall–Kier alpha value is -1.84. The van der Waals surface area contributed by atoms with E-state index in [0.717, 1.165) is 5.56 Å². The Morgan fingerprint density at radius 2 is 1.76 bits per heavy atom. The van der Waals surface area contributed by atoms with Gasteiger partial charge in [0.15, 0.2) is 0 Å². The molecule has 1 N–H and O–H groups in total. The maximum Gasteiger partial charge on any atom is 0.248 e. The third kappa shape index (κ3) is 2.94. The Labute approximate surface area is 126 Å². The van der Waals surface area contributed by atoms with Crippen LogP contribution in [0.5, 0.6) is 0 Å². The van der Waals surface area contributed by atoms with E-state index in [1.807, 2.05) is 20.8 Å². The molecule has 0 saturated carbocycles. The minimum absolute atomic E-state index is 0.00346. The average Bonchev–Trinajstić information content (AvgIpc) is 2.40. The molecule has 2 amide bonds. The highest BCUT2D eigenvalue weighted by Gasteiger charge is 2.45. The lowest BCUT2D eigenvalue weighted by atomic mass is 9.91. The van der Waals surface area contributed by atoms with Gasteiger partial charge < -0.3 is 10.2 Å². The molecule has 1 aliphatic heterocycles. The molecule has 2 unspecified atom stereocenters. The van der Waals surface area contributed by atoms with Crippen molar-refractivity contribution in [2.75, 3.05) is 0 Å². The lowest BCUT2D eigenvalue weighted by molar-refractivity contribution is -0.154.